The quantitative estimate of drug-likeness (QED) is 0.939. The van der Waals surface area contributed by atoms with Gasteiger partial charge in [0.1, 0.15) is 0 Å². The van der Waals surface area contributed by atoms with Crippen molar-refractivity contribution in [3.05, 3.63) is 48.0 Å². The number of nitrogens with zero attached hydrogens (tertiary/aromatic N) is 1. The number of fused-ring (bicyclic) bond motifs is 1. The van der Waals surface area contributed by atoms with Gasteiger partial charge in [-0.2, -0.15) is 0 Å². The fourth-order valence-corrected chi connectivity index (χ4v) is 3.48. The molecule has 1 aliphatic carbocycles. The zero-order chi connectivity index (χ0) is 15.5. The Hall–Kier alpha value is -1.87. The van der Waals surface area contributed by atoms with Gasteiger partial charge in [0, 0.05) is 12.6 Å². The van der Waals surface area contributed by atoms with Crippen molar-refractivity contribution in [2.24, 2.45) is 5.73 Å². The minimum absolute atomic E-state index is 0.0693. The Labute approximate surface area is 132 Å². The zero-order valence-corrected chi connectivity index (χ0v) is 13.2. The molecule has 1 amide bonds. The summed E-state index contributed by atoms with van der Waals surface area (Å²) in [5.74, 6) is 0.0693. The van der Waals surface area contributed by atoms with Crippen LogP contribution in [0.1, 0.15) is 38.2 Å². The van der Waals surface area contributed by atoms with Crippen LogP contribution in [-0.2, 0) is 11.3 Å². The van der Waals surface area contributed by atoms with Crippen LogP contribution in [0.3, 0.4) is 0 Å². The average molecular weight is 296 g/mol. The first-order valence-electron chi connectivity index (χ1n) is 8.19. The van der Waals surface area contributed by atoms with Crippen LogP contribution < -0.4 is 5.73 Å². The van der Waals surface area contributed by atoms with Crippen LogP contribution in [0.25, 0.3) is 10.8 Å². The Morgan fingerprint density at radius 3 is 2.59 bits per heavy atom. The van der Waals surface area contributed by atoms with E-state index in [-0.39, 0.29) is 5.91 Å². The minimum Gasteiger partial charge on any atom is -0.334 e. The van der Waals surface area contributed by atoms with Crippen LogP contribution in [-0.4, -0.2) is 22.9 Å². The Morgan fingerprint density at radius 1 is 1.18 bits per heavy atom. The molecule has 3 heteroatoms. The van der Waals surface area contributed by atoms with Gasteiger partial charge < -0.3 is 10.6 Å². The molecule has 2 N–H and O–H groups in total. The number of carbonyl (C=O) groups excluding carboxylic acids is 1. The molecule has 1 saturated carbocycles. The number of amides is 1. The molecule has 3 nitrogen and oxygen atoms in total. The lowest BCUT2D eigenvalue weighted by atomic mass is 10.0. The molecule has 0 radical (unpaired) electrons. The van der Waals surface area contributed by atoms with E-state index in [9.17, 15) is 4.79 Å². The molecule has 0 bridgehead atoms. The first kappa shape index (κ1) is 15.0. The monoisotopic (exact) mass is 296 g/mol. The van der Waals surface area contributed by atoms with E-state index in [4.69, 9.17) is 5.73 Å². The van der Waals surface area contributed by atoms with E-state index in [0.29, 0.717) is 12.6 Å². The highest BCUT2D eigenvalue weighted by atomic mass is 16.2. The second-order valence-electron chi connectivity index (χ2n) is 6.33. The summed E-state index contributed by atoms with van der Waals surface area (Å²) in [7, 11) is 0. The molecule has 1 fully saturated rings. The van der Waals surface area contributed by atoms with Gasteiger partial charge in [-0.05, 0) is 36.1 Å². The van der Waals surface area contributed by atoms with Crippen molar-refractivity contribution in [3.8, 4) is 0 Å². The Balaban J connectivity index is 1.93. The van der Waals surface area contributed by atoms with E-state index in [2.05, 4.69) is 36.4 Å². The van der Waals surface area contributed by atoms with Gasteiger partial charge in [-0.25, -0.2) is 0 Å². The van der Waals surface area contributed by atoms with Crippen LogP contribution in [0.4, 0.5) is 0 Å². The van der Waals surface area contributed by atoms with E-state index < -0.39 is 6.04 Å². The second kappa shape index (κ2) is 6.49. The number of nitrogens with two attached hydrogens (primary N) is 1. The Morgan fingerprint density at radius 2 is 1.86 bits per heavy atom. The average Bonchev–Trinajstić information content (AvgIpc) is 3.06. The van der Waals surface area contributed by atoms with E-state index in [1.165, 1.54) is 29.2 Å². The van der Waals surface area contributed by atoms with Crippen molar-refractivity contribution in [2.45, 2.75) is 51.2 Å². The van der Waals surface area contributed by atoms with Gasteiger partial charge >= 0.3 is 0 Å². The number of hydrogen-bond donors (Lipinski definition) is 1. The van der Waals surface area contributed by atoms with Gasteiger partial charge in [-0.1, -0.05) is 55.3 Å². The molecule has 1 aliphatic rings. The van der Waals surface area contributed by atoms with Crippen LogP contribution >= 0.6 is 0 Å². The summed E-state index contributed by atoms with van der Waals surface area (Å²) < 4.78 is 0. The molecule has 0 heterocycles. The summed E-state index contributed by atoms with van der Waals surface area (Å²) in [5.41, 5.74) is 7.09. The van der Waals surface area contributed by atoms with Crippen molar-refractivity contribution < 1.29 is 4.79 Å². The number of hydrogen-bond acceptors (Lipinski definition) is 2. The summed E-state index contributed by atoms with van der Waals surface area (Å²) in [6.07, 6.45) is 4.62. The fraction of sp³-hybridized carbons (Fsp3) is 0.421. The molecule has 0 aromatic heterocycles. The summed E-state index contributed by atoms with van der Waals surface area (Å²) in [6.45, 7) is 2.44. The lowest BCUT2D eigenvalue weighted by Gasteiger charge is -2.31. The van der Waals surface area contributed by atoms with Crippen molar-refractivity contribution in [2.75, 3.05) is 0 Å². The molecule has 0 unspecified atom stereocenters. The molecule has 0 saturated heterocycles. The minimum atomic E-state index is -0.435. The maximum Gasteiger partial charge on any atom is 0.239 e. The van der Waals surface area contributed by atoms with Crippen molar-refractivity contribution >= 4 is 16.7 Å². The molecule has 116 valence electrons. The van der Waals surface area contributed by atoms with Crippen molar-refractivity contribution in [3.63, 3.8) is 0 Å². The highest BCUT2D eigenvalue weighted by Crippen LogP contribution is 2.27. The predicted molar refractivity (Wildman–Crippen MR) is 90.4 cm³/mol. The van der Waals surface area contributed by atoms with Crippen LogP contribution in [0.15, 0.2) is 42.5 Å². The van der Waals surface area contributed by atoms with E-state index in [1.807, 2.05) is 11.0 Å². The number of carbonyl (C=O) groups is 1. The molecule has 0 spiro atoms. The zero-order valence-electron chi connectivity index (χ0n) is 13.2. The third kappa shape index (κ3) is 3.00. The summed E-state index contributed by atoms with van der Waals surface area (Å²) in [5, 5.41) is 2.45. The van der Waals surface area contributed by atoms with Gasteiger partial charge in [-0.15, -0.1) is 0 Å². The second-order valence-corrected chi connectivity index (χ2v) is 6.33. The molecule has 22 heavy (non-hydrogen) atoms. The van der Waals surface area contributed by atoms with E-state index in [0.717, 1.165) is 12.8 Å². The summed E-state index contributed by atoms with van der Waals surface area (Å²) >= 11 is 0. The van der Waals surface area contributed by atoms with Gasteiger partial charge in [0.2, 0.25) is 5.91 Å². The van der Waals surface area contributed by atoms with Gasteiger partial charge in [0.05, 0.1) is 6.04 Å². The molecular formula is C19H24N2O. The first-order valence-corrected chi connectivity index (χ1v) is 8.19. The van der Waals surface area contributed by atoms with Gasteiger partial charge in [-0.3, -0.25) is 4.79 Å². The van der Waals surface area contributed by atoms with Crippen LogP contribution in [0, 0.1) is 0 Å². The lowest BCUT2D eigenvalue weighted by Crippen LogP contribution is -2.46. The highest BCUT2D eigenvalue weighted by molar-refractivity contribution is 5.87. The number of rotatable bonds is 4. The maximum atomic E-state index is 12.6. The molecule has 3 rings (SSSR count). The molecular weight excluding hydrogens is 272 g/mol. The third-order valence-corrected chi connectivity index (χ3v) is 4.66. The SMILES string of the molecule is C[C@H](N)C(=O)N(Cc1cccc2ccccc12)C1CCCC1. The highest BCUT2D eigenvalue weighted by Gasteiger charge is 2.28. The van der Waals surface area contributed by atoms with Gasteiger partial charge in [0.15, 0.2) is 0 Å². The summed E-state index contributed by atoms with van der Waals surface area (Å²) in [4.78, 5) is 14.6. The Bertz CT molecular complexity index is 654. The van der Waals surface area contributed by atoms with E-state index in [1.54, 1.807) is 6.92 Å². The van der Waals surface area contributed by atoms with E-state index >= 15 is 0 Å². The first-order chi connectivity index (χ1) is 10.7. The number of benzene rings is 2. The van der Waals surface area contributed by atoms with Crippen LogP contribution in [0.2, 0.25) is 0 Å². The standard InChI is InChI=1S/C19H24N2O/c1-14(20)19(22)21(17-10-3-4-11-17)13-16-9-6-8-15-7-2-5-12-18(15)16/h2,5-9,12,14,17H,3-4,10-11,13,20H2,1H3/t14-/m0/s1. The smallest absolute Gasteiger partial charge is 0.239 e. The van der Waals surface area contributed by atoms with Gasteiger partial charge in [0.25, 0.3) is 0 Å². The topological polar surface area (TPSA) is 46.3 Å². The molecule has 0 aliphatic heterocycles. The Kier molecular flexibility index (Phi) is 4.44. The maximum absolute atomic E-state index is 12.6. The normalized spacial score (nSPS) is 16.8. The van der Waals surface area contributed by atoms with Crippen molar-refractivity contribution in [1.29, 1.82) is 0 Å². The molecule has 2 aromatic carbocycles. The van der Waals surface area contributed by atoms with Crippen LogP contribution in [0.5, 0.6) is 0 Å². The van der Waals surface area contributed by atoms with Crippen molar-refractivity contribution in [1.82, 2.24) is 4.90 Å². The molecule has 2 aromatic rings. The predicted octanol–water partition coefficient (Wildman–Crippen LogP) is 3.46. The third-order valence-electron chi connectivity index (χ3n) is 4.66. The summed E-state index contributed by atoms with van der Waals surface area (Å²) in [6, 6.07) is 14.6. The molecule has 1 atom stereocenters. The lowest BCUT2D eigenvalue weighted by molar-refractivity contribution is -0.135. The largest absolute Gasteiger partial charge is 0.334 e. The fourth-order valence-electron chi connectivity index (χ4n) is 3.48.